The molecule has 1 N–H and O–H groups in total. The first kappa shape index (κ1) is 18.6. The zero-order chi connectivity index (χ0) is 19.6. The van der Waals surface area contributed by atoms with Gasteiger partial charge in [-0.25, -0.2) is 9.97 Å². The number of pyridine rings is 1. The second-order valence-electron chi connectivity index (χ2n) is 6.95. The third kappa shape index (κ3) is 4.16. The maximum absolute atomic E-state index is 12.0. The predicted molar refractivity (Wildman–Crippen MR) is 110 cm³/mol. The summed E-state index contributed by atoms with van der Waals surface area (Å²) in [5.41, 5.74) is 4.45. The Kier molecular flexibility index (Phi) is 5.26. The van der Waals surface area contributed by atoms with Crippen molar-refractivity contribution >= 4 is 11.5 Å². The summed E-state index contributed by atoms with van der Waals surface area (Å²) in [6.07, 6.45) is 1.75. The van der Waals surface area contributed by atoms with Gasteiger partial charge in [-0.15, -0.1) is 0 Å². The van der Waals surface area contributed by atoms with Crippen LogP contribution in [0.4, 0.5) is 11.5 Å². The Balaban J connectivity index is 1.79. The van der Waals surface area contributed by atoms with Gasteiger partial charge < -0.3 is 14.8 Å². The summed E-state index contributed by atoms with van der Waals surface area (Å²) in [5.74, 6) is 1.41. The summed E-state index contributed by atoms with van der Waals surface area (Å²) >= 11 is 0. The molecule has 0 fully saturated rings. The Morgan fingerprint density at radius 1 is 1.07 bits per heavy atom. The minimum Gasteiger partial charge on any atom is -0.378 e. The Bertz CT molecular complexity index is 992. The van der Waals surface area contributed by atoms with Crippen molar-refractivity contribution in [3.8, 4) is 11.4 Å². The van der Waals surface area contributed by atoms with Gasteiger partial charge >= 0.3 is 0 Å². The van der Waals surface area contributed by atoms with Crippen LogP contribution in [0.5, 0.6) is 0 Å². The Morgan fingerprint density at radius 2 is 1.85 bits per heavy atom. The smallest absolute Gasteiger partial charge is 0.254 e. The van der Waals surface area contributed by atoms with Crippen LogP contribution in [0.15, 0.2) is 47.4 Å². The number of hydrogen-bond acceptors (Lipinski definition) is 5. The number of rotatable bonds is 5. The average Bonchev–Trinajstić information content (AvgIpc) is 2.66. The summed E-state index contributed by atoms with van der Waals surface area (Å²) in [7, 11) is 6.09. The molecule has 140 valence electrons. The van der Waals surface area contributed by atoms with Gasteiger partial charge in [-0.05, 0) is 43.7 Å². The largest absolute Gasteiger partial charge is 0.378 e. The normalized spacial score (nSPS) is 10.7. The van der Waals surface area contributed by atoms with E-state index in [-0.39, 0.29) is 5.56 Å². The zero-order valence-corrected chi connectivity index (χ0v) is 16.4. The maximum atomic E-state index is 12.0. The van der Waals surface area contributed by atoms with E-state index in [9.17, 15) is 4.79 Å². The number of H-pyrrole nitrogens is 1. The first-order valence-corrected chi connectivity index (χ1v) is 8.86. The highest BCUT2D eigenvalue weighted by Gasteiger charge is 2.09. The Hall–Kier alpha value is -3.15. The van der Waals surface area contributed by atoms with Crippen molar-refractivity contribution in [2.75, 3.05) is 30.9 Å². The van der Waals surface area contributed by atoms with Gasteiger partial charge in [-0.1, -0.05) is 12.1 Å². The third-order valence-corrected chi connectivity index (χ3v) is 4.65. The molecule has 0 saturated heterocycles. The molecule has 2 aromatic heterocycles. The van der Waals surface area contributed by atoms with Crippen LogP contribution in [-0.2, 0) is 6.54 Å². The Labute approximate surface area is 159 Å². The molecule has 2 heterocycles. The summed E-state index contributed by atoms with van der Waals surface area (Å²) in [5, 5.41) is 0. The molecule has 1 aromatic carbocycles. The van der Waals surface area contributed by atoms with Gasteiger partial charge in [0.05, 0.1) is 0 Å². The lowest BCUT2D eigenvalue weighted by atomic mass is 10.2. The van der Waals surface area contributed by atoms with Crippen LogP contribution < -0.4 is 15.4 Å². The van der Waals surface area contributed by atoms with E-state index in [0.29, 0.717) is 11.4 Å². The molecule has 0 spiro atoms. The zero-order valence-electron chi connectivity index (χ0n) is 16.4. The van der Waals surface area contributed by atoms with E-state index < -0.39 is 0 Å². The molecule has 6 nitrogen and oxygen atoms in total. The van der Waals surface area contributed by atoms with E-state index in [0.717, 1.165) is 23.6 Å². The fourth-order valence-corrected chi connectivity index (χ4v) is 2.82. The van der Waals surface area contributed by atoms with Gasteiger partial charge in [-0.3, -0.25) is 4.79 Å². The first-order valence-electron chi connectivity index (χ1n) is 8.86. The summed E-state index contributed by atoms with van der Waals surface area (Å²) in [6, 6.07) is 12.3. The molecule has 3 rings (SSSR count). The van der Waals surface area contributed by atoms with Crippen molar-refractivity contribution in [3.05, 3.63) is 69.8 Å². The van der Waals surface area contributed by atoms with Crippen molar-refractivity contribution in [1.82, 2.24) is 15.0 Å². The molecule has 6 heteroatoms. The second kappa shape index (κ2) is 7.61. The fourth-order valence-electron chi connectivity index (χ4n) is 2.82. The number of aryl methyl sites for hydroxylation is 1. The number of nitrogens with one attached hydrogen (secondary N) is 1. The lowest BCUT2D eigenvalue weighted by Crippen LogP contribution is -2.18. The monoisotopic (exact) mass is 363 g/mol. The standard InChI is InChI=1S/C21H25N5O/c1-14-15(2)23-20(24-21(14)27)17-9-10-19(22-12-17)26(5)13-16-7-6-8-18(11-16)25(3)4/h6-12H,13H2,1-5H3,(H,23,24,27). The lowest BCUT2D eigenvalue weighted by molar-refractivity contribution is 0.896. The SMILES string of the molecule is Cc1nc(-c2ccc(N(C)Cc3cccc(N(C)C)c3)nc2)[nH]c(=O)c1C. The quantitative estimate of drug-likeness (QED) is 0.754. The molecule has 0 bridgehead atoms. The highest BCUT2D eigenvalue weighted by atomic mass is 16.1. The molecule has 0 radical (unpaired) electrons. The van der Waals surface area contributed by atoms with E-state index >= 15 is 0 Å². The highest BCUT2D eigenvalue weighted by Crippen LogP contribution is 2.20. The van der Waals surface area contributed by atoms with Gasteiger partial charge in [-0.2, -0.15) is 0 Å². The maximum Gasteiger partial charge on any atom is 0.254 e. The van der Waals surface area contributed by atoms with Crippen LogP contribution in [0.2, 0.25) is 0 Å². The molecule has 0 unspecified atom stereocenters. The van der Waals surface area contributed by atoms with Crippen molar-refractivity contribution in [3.63, 3.8) is 0 Å². The molecular weight excluding hydrogens is 338 g/mol. The number of anilines is 2. The fraction of sp³-hybridized carbons (Fsp3) is 0.286. The van der Waals surface area contributed by atoms with Crippen molar-refractivity contribution in [2.45, 2.75) is 20.4 Å². The van der Waals surface area contributed by atoms with Crippen molar-refractivity contribution in [2.24, 2.45) is 0 Å². The molecule has 3 aromatic rings. The number of nitrogens with zero attached hydrogens (tertiary/aromatic N) is 4. The third-order valence-electron chi connectivity index (χ3n) is 4.65. The molecule has 27 heavy (non-hydrogen) atoms. The number of aromatic amines is 1. The first-order chi connectivity index (χ1) is 12.8. The molecule has 0 aliphatic rings. The Morgan fingerprint density at radius 3 is 2.48 bits per heavy atom. The minimum atomic E-state index is -0.112. The topological polar surface area (TPSA) is 65.1 Å². The van der Waals surface area contributed by atoms with Gasteiger partial charge in [0.2, 0.25) is 0 Å². The van der Waals surface area contributed by atoms with Crippen LogP contribution >= 0.6 is 0 Å². The molecule has 0 atom stereocenters. The molecule has 0 amide bonds. The summed E-state index contributed by atoms with van der Waals surface area (Å²) in [6.45, 7) is 4.37. The van der Waals surface area contributed by atoms with Crippen molar-refractivity contribution < 1.29 is 0 Å². The van der Waals surface area contributed by atoms with Crippen LogP contribution in [-0.4, -0.2) is 36.1 Å². The van der Waals surface area contributed by atoms with E-state index in [2.05, 4.69) is 49.0 Å². The van der Waals surface area contributed by atoms with E-state index in [4.69, 9.17) is 0 Å². The molecular formula is C21H25N5O. The van der Waals surface area contributed by atoms with E-state index in [1.807, 2.05) is 40.2 Å². The lowest BCUT2D eigenvalue weighted by Gasteiger charge is -2.20. The summed E-state index contributed by atoms with van der Waals surface area (Å²) < 4.78 is 0. The number of hydrogen-bond donors (Lipinski definition) is 1. The van der Waals surface area contributed by atoms with Gasteiger partial charge in [0.25, 0.3) is 5.56 Å². The average molecular weight is 363 g/mol. The summed E-state index contributed by atoms with van der Waals surface area (Å²) in [4.78, 5) is 28.0. The minimum absolute atomic E-state index is 0.112. The van der Waals surface area contributed by atoms with Gasteiger partial charge in [0.15, 0.2) is 0 Å². The van der Waals surface area contributed by atoms with Crippen LogP contribution in [0.3, 0.4) is 0 Å². The van der Waals surface area contributed by atoms with E-state index in [1.54, 1.807) is 13.1 Å². The molecule has 0 saturated carbocycles. The highest BCUT2D eigenvalue weighted by molar-refractivity contribution is 5.57. The van der Waals surface area contributed by atoms with E-state index in [1.165, 1.54) is 11.3 Å². The van der Waals surface area contributed by atoms with Crippen molar-refractivity contribution in [1.29, 1.82) is 0 Å². The van der Waals surface area contributed by atoms with Crippen LogP contribution in [0.1, 0.15) is 16.8 Å². The number of benzene rings is 1. The van der Waals surface area contributed by atoms with Gasteiger partial charge in [0, 0.05) is 56.4 Å². The molecule has 0 aliphatic carbocycles. The predicted octanol–water partition coefficient (Wildman–Crippen LogP) is 3.15. The van der Waals surface area contributed by atoms with Gasteiger partial charge in [0.1, 0.15) is 11.6 Å². The van der Waals surface area contributed by atoms with Crippen LogP contribution in [0.25, 0.3) is 11.4 Å². The van der Waals surface area contributed by atoms with Crippen LogP contribution in [0, 0.1) is 13.8 Å². The number of aromatic nitrogens is 3. The molecule has 0 aliphatic heterocycles. The second-order valence-corrected chi connectivity index (χ2v) is 6.95.